The Hall–Kier alpha value is -0.300. The predicted octanol–water partition coefficient (Wildman–Crippen LogP) is 3.63. The highest BCUT2D eigenvalue weighted by molar-refractivity contribution is 9.10. The third-order valence-corrected chi connectivity index (χ3v) is 6.28. The molecule has 1 heterocycles. The minimum Gasteiger partial charge on any atom is -0.270 e. The normalized spacial score (nSPS) is 21.3. The van der Waals surface area contributed by atoms with Gasteiger partial charge in [0.05, 0.1) is 15.2 Å². The van der Waals surface area contributed by atoms with Gasteiger partial charge in [0, 0.05) is 12.6 Å². The van der Waals surface area contributed by atoms with Crippen LogP contribution in [0.3, 0.4) is 0 Å². The van der Waals surface area contributed by atoms with Crippen molar-refractivity contribution in [2.24, 2.45) is 0 Å². The van der Waals surface area contributed by atoms with Crippen molar-refractivity contribution in [3.63, 3.8) is 0 Å². The molecule has 1 fully saturated rings. The standard InChI is InChI=1S/C12H16BrClN2O2S/c1-9-5-2-3-8-16(9)19(17,18)15-11-7-4-6-10(14)12(11)13/h4,6-7,9,15H,2-3,5,8H2,1H3. The van der Waals surface area contributed by atoms with Gasteiger partial charge in [-0.3, -0.25) is 4.72 Å². The van der Waals surface area contributed by atoms with Gasteiger partial charge in [0.25, 0.3) is 0 Å². The number of halogens is 2. The Morgan fingerprint density at radius 3 is 2.84 bits per heavy atom. The molecule has 7 heteroatoms. The monoisotopic (exact) mass is 366 g/mol. The van der Waals surface area contributed by atoms with Crippen molar-refractivity contribution in [2.75, 3.05) is 11.3 Å². The van der Waals surface area contributed by atoms with Crippen LogP contribution in [0.25, 0.3) is 0 Å². The Morgan fingerprint density at radius 1 is 1.42 bits per heavy atom. The summed E-state index contributed by atoms with van der Waals surface area (Å²) in [6.45, 7) is 2.50. The van der Waals surface area contributed by atoms with Crippen LogP contribution < -0.4 is 4.72 Å². The highest BCUT2D eigenvalue weighted by Crippen LogP contribution is 2.31. The van der Waals surface area contributed by atoms with Gasteiger partial charge in [-0.15, -0.1) is 0 Å². The lowest BCUT2D eigenvalue weighted by Crippen LogP contribution is -2.44. The number of nitrogens with one attached hydrogen (secondary N) is 1. The number of rotatable bonds is 3. The molecule has 2 rings (SSSR count). The summed E-state index contributed by atoms with van der Waals surface area (Å²) in [5, 5.41) is 0.479. The van der Waals surface area contributed by atoms with Gasteiger partial charge in [0.1, 0.15) is 0 Å². The van der Waals surface area contributed by atoms with Crippen LogP contribution in [0.5, 0.6) is 0 Å². The van der Waals surface area contributed by atoms with Crippen LogP contribution in [-0.2, 0) is 10.2 Å². The molecule has 1 atom stereocenters. The molecule has 0 amide bonds. The number of hydrogen-bond acceptors (Lipinski definition) is 2. The van der Waals surface area contributed by atoms with Gasteiger partial charge < -0.3 is 0 Å². The van der Waals surface area contributed by atoms with Gasteiger partial charge in [-0.1, -0.05) is 24.1 Å². The van der Waals surface area contributed by atoms with E-state index < -0.39 is 10.2 Å². The molecule has 0 aromatic heterocycles. The van der Waals surface area contributed by atoms with Crippen LogP contribution >= 0.6 is 27.5 Å². The van der Waals surface area contributed by atoms with Crippen LogP contribution in [0.2, 0.25) is 5.02 Å². The molecule has 1 N–H and O–H groups in total. The summed E-state index contributed by atoms with van der Waals surface area (Å²) in [4.78, 5) is 0. The van der Waals surface area contributed by atoms with Crippen LogP contribution in [0, 0.1) is 0 Å². The molecule has 1 saturated heterocycles. The lowest BCUT2D eigenvalue weighted by molar-refractivity contribution is 0.270. The van der Waals surface area contributed by atoms with E-state index in [1.165, 1.54) is 4.31 Å². The number of anilines is 1. The third kappa shape index (κ3) is 3.42. The molecule has 0 radical (unpaired) electrons. The van der Waals surface area contributed by atoms with E-state index >= 15 is 0 Å². The SMILES string of the molecule is CC1CCCCN1S(=O)(=O)Nc1cccc(Cl)c1Br. The van der Waals surface area contributed by atoms with Crippen molar-refractivity contribution in [1.29, 1.82) is 0 Å². The zero-order valence-corrected chi connectivity index (χ0v) is 13.7. The first-order valence-electron chi connectivity index (χ1n) is 6.15. The summed E-state index contributed by atoms with van der Waals surface area (Å²) in [7, 11) is -3.53. The van der Waals surface area contributed by atoms with Crippen molar-refractivity contribution in [1.82, 2.24) is 4.31 Å². The largest absolute Gasteiger partial charge is 0.301 e. The average Bonchev–Trinajstić information content (AvgIpc) is 2.35. The number of benzene rings is 1. The molecule has 1 aliphatic heterocycles. The maximum Gasteiger partial charge on any atom is 0.301 e. The topological polar surface area (TPSA) is 49.4 Å². The Morgan fingerprint density at radius 2 is 2.16 bits per heavy atom. The average molecular weight is 368 g/mol. The first-order valence-corrected chi connectivity index (χ1v) is 8.76. The van der Waals surface area contributed by atoms with Gasteiger partial charge in [-0.25, -0.2) is 0 Å². The maximum atomic E-state index is 12.4. The molecule has 106 valence electrons. The molecule has 19 heavy (non-hydrogen) atoms. The summed E-state index contributed by atoms with van der Waals surface area (Å²) in [5.74, 6) is 0. The third-order valence-electron chi connectivity index (χ3n) is 3.24. The zero-order valence-electron chi connectivity index (χ0n) is 10.6. The Kier molecular flexibility index (Phi) is 4.76. The zero-order chi connectivity index (χ0) is 14.0. The Balaban J connectivity index is 2.23. The minimum atomic E-state index is -3.53. The van der Waals surface area contributed by atoms with E-state index in [0.717, 1.165) is 19.3 Å². The first-order chi connectivity index (χ1) is 8.92. The molecule has 0 bridgehead atoms. The summed E-state index contributed by atoms with van der Waals surface area (Å²) in [5.41, 5.74) is 0.463. The van der Waals surface area contributed by atoms with E-state index in [-0.39, 0.29) is 6.04 Å². The molecule has 1 unspecified atom stereocenters. The fourth-order valence-corrected chi connectivity index (χ4v) is 4.39. The van der Waals surface area contributed by atoms with E-state index in [1.54, 1.807) is 18.2 Å². The Bertz CT molecular complexity index is 565. The molecule has 1 aromatic rings. The fourth-order valence-electron chi connectivity index (χ4n) is 2.21. The molecule has 1 aliphatic rings. The molecule has 0 spiro atoms. The highest BCUT2D eigenvalue weighted by atomic mass is 79.9. The molecule has 1 aromatic carbocycles. The lowest BCUT2D eigenvalue weighted by atomic mass is 10.1. The number of hydrogen-bond donors (Lipinski definition) is 1. The van der Waals surface area contributed by atoms with E-state index in [9.17, 15) is 8.42 Å². The smallest absolute Gasteiger partial charge is 0.270 e. The van der Waals surface area contributed by atoms with E-state index in [2.05, 4.69) is 20.7 Å². The van der Waals surface area contributed by atoms with Gasteiger partial charge in [-0.2, -0.15) is 12.7 Å². The summed E-state index contributed by atoms with van der Waals surface area (Å²) < 4.78 is 29.4. The van der Waals surface area contributed by atoms with Gasteiger partial charge >= 0.3 is 10.2 Å². The summed E-state index contributed by atoms with van der Waals surface area (Å²) in [6.07, 6.45) is 2.88. The number of nitrogens with zero attached hydrogens (tertiary/aromatic N) is 1. The Labute approximate surface area is 127 Å². The van der Waals surface area contributed by atoms with E-state index in [1.807, 2.05) is 6.92 Å². The van der Waals surface area contributed by atoms with Crippen LogP contribution in [-0.4, -0.2) is 25.3 Å². The molecule has 4 nitrogen and oxygen atoms in total. The summed E-state index contributed by atoms with van der Waals surface area (Å²) >= 11 is 9.26. The van der Waals surface area contributed by atoms with Crippen molar-refractivity contribution in [3.05, 3.63) is 27.7 Å². The second-order valence-corrected chi connectivity index (χ2v) is 7.49. The first kappa shape index (κ1) is 15.1. The van der Waals surface area contributed by atoms with Crippen LogP contribution in [0.1, 0.15) is 26.2 Å². The van der Waals surface area contributed by atoms with Crippen LogP contribution in [0.15, 0.2) is 22.7 Å². The molecular weight excluding hydrogens is 352 g/mol. The maximum absolute atomic E-state index is 12.4. The summed E-state index contributed by atoms with van der Waals surface area (Å²) in [6, 6.07) is 5.13. The number of piperidine rings is 1. The fraction of sp³-hybridized carbons (Fsp3) is 0.500. The van der Waals surface area contributed by atoms with Crippen LogP contribution in [0.4, 0.5) is 5.69 Å². The minimum absolute atomic E-state index is 0.0317. The quantitative estimate of drug-likeness (QED) is 0.887. The second-order valence-electron chi connectivity index (χ2n) is 4.66. The molecular formula is C12H16BrClN2O2S. The molecule has 0 saturated carbocycles. The second kappa shape index (κ2) is 5.99. The van der Waals surface area contributed by atoms with E-state index in [4.69, 9.17) is 11.6 Å². The predicted molar refractivity (Wildman–Crippen MR) is 81.7 cm³/mol. The lowest BCUT2D eigenvalue weighted by Gasteiger charge is -2.32. The van der Waals surface area contributed by atoms with Crippen molar-refractivity contribution in [3.8, 4) is 0 Å². The van der Waals surface area contributed by atoms with Gasteiger partial charge in [-0.05, 0) is 47.8 Å². The van der Waals surface area contributed by atoms with Crippen molar-refractivity contribution < 1.29 is 8.42 Å². The van der Waals surface area contributed by atoms with Gasteiger partial charge in [0.2, 0.25) is 0 Å². The molecule has 0 aliphatic carbocycles. The van der Waals surface area contributed by atoms with Crippen molar-refractivity contribution >= 4 is 43.4 Å². The van der Waals surface area contributed by atoms with E-state index in [0.29, 0.717) is 21.7 Å². The van der Waals surface area contributed by atoms with Crippen molar-refractivity contribution in [2.45, 2.75) is 32.2 Å². The van der Waals surface area contributed by atoms with Gasteiger partial charge in [0.15, 0.2) is 0 Å². The highest BCUT2D eigenvalue weighted by Gasteiger charge is 2.29.